The Morgan fingerprint density at radius 1 is 1.27 bits per heavy atom. The van der Waals surface area contributed by atoms with E-state index in [0.29, 0.717) is 5.76 Å². The van der Waals surface area contributed by atoms with Gasteiger partial charge in [0.15, 0.2) is 12.4 Å². The minimum atomic E-state index is -0.646. The van der Waals surface area contributed by atoms with Crippen LogP contribution in [0.2, 0.25) is 0 Å². The fourth-order valence-corrected chi connectivity index (χ4v) is 3.48. The summed E-state index contributed by atoms with van der Waals surface area (Å²) >= 11 is 0. The molecule has 1 saturated carbocycles. The van der Waals surface area contributed by atoms with Crippen molar-refractivity contribution in [3.05, 3.63) is 11.8 Å². The molecule has 9 heteroatoms. The van der Waals surface area contributed by atoms with Gasteiger partial charge in [-0.25, -0.2) is 0 Å². The number of hydrogen-bond acceptors (Lipinski definition) is 7. The fourth-order valence-electron chi connectivity index (χ4n) is 3.48. The molecule has 3 amide bonds. The van der Waals surface area contributed by atoms with Crippen molar-refractivity contribution in [1.29, 1.82) is 0 Å². The first-order valence-corrected chi connectivity index (χ1v) is 8.69. The molecule has 2 aliphatic rings. The molecule has 2 fully saturated rings. The van der Waals surface area contributed by atoms with Gasteiger partial charge >= 0.3 is 5.97 Å². The summed E-state index contributed by atoms with van der Waals surface area (Å²) < 4.78 is 9.68. The van der Waals surface area contributed by atoms with Crippen LogP contribution in [0.4, 0.5) is 5.82 Å². The monoisotopic (exact) mass is 363 g/mol. The molecule has 2 heterocycles. The predicted molar refractivity (Wildman–Crippen MR) is 87.6 cm³/mol. The molecule has 1 aromatic rings. The van der Waals surface area contributed by atoms with Crippen LogP contribution in [-0.2, 0) is 23.9 Å². The van der Waals surface area contributed by atoms with E-state index < -0.39 is 18.5 Å². The summed E-state index contributed by atoms with van der Waals surface area (Å²) in [5.41, 5.74) is 0. The van der Waals surface area contributed by atoms with E-state index in [9.17, 15) is 19.2 Å². The molecule has 0 radical (unpaired) electrons. The molecule has 0 unspecified atom stereocenters. The molecule has 2 atom stereocenters. The predicted octanol–water partition coefficient (Wildman–Crippen LogP) is 1.03. The first kappa shape index (κ1) is 18.1. The highest BCUT2D eigenvalue weighted by Gasteiger charge is 2.47. The summed E-state index contributed by atoms with van der Waals surface area (Å²) in [6.07, 6.45) is 3.25. The number of aryl methyl sites for hydroxylation is 1. The Morgan fingerprint density at radius 2 is 1.92 bits per heavy atom. The van der Waals surface area contributed by atoms with E-state index >= 15 is 0 Å². The van der Waals surface area contributed by atoms with Gasteiger partial charge in [0.25, 0.3) is 5.91 Å². The minimum absolute atomic E-state index is 0.00635. The maximum absolute atomic E-state index is 12.3. The lowest BCUT2D eigenvalue weighted by atomic mass is 9.81. The summed E-state index contributed by atoms with van der Waals surface area (Å²) in [6.45, 7) is 1.20. The van der Waals surface area contributed by atoms with Crippen LogP contribution in [0.25, 0.3) is 0 Å². The van der Waals surface area contributed by atoms with E-state index in [2.05, 4.69) is 10.5 Å². The second-order valence-corrected chi connectivity index (χ2v) is 6.61. The first-order chi connectivity index (χ1) is 12.5. The number of imide groups is 1. The largest absolute Gasteiger partial charge is 0.456 e. The topological polar surface area (TPSA) is 119 Å². The molecule has 140 valence electrons. The molecule has 9 nitrogen and oxygen atoms in total. The van der Waals surface area contributed by atoms with Crippen molar-refractivity contribution in [1.82, 2.24) is 10.1 Å². The normalized spacial score (nSPS) is 22.3. The highest BCUT2D eigenvalue weighted by Crippen LogP contribution is 2.37. The zero-order valence-corrected chi connectivity index (χ0v) is 14.5. The van der Waals surface area contributed by atoms with Crippen LogP contribution < -0.4 is 5.32 Å². The van der Waals surface area contributed by atoms with E-state index in [0.717, 1.165) is 25.7 Å². The first-order valence-electron chi connectivity index (χ1n) is 8.69. The number of nitrogens with one attached hydrogen (secondary N) is 1. The van der Waals surface area contributed by atoms with Crippen molar-refractivity contribution in [2.24, 2.45) is 11.8 Å². The number of rotatable bonds is 6. The van der Waals surface area contributed by atoms with Crippen molar-refractivity contribution in [2.75, 3.05) is 18.5 Å². The maximum Gasteiger partial charge on any atom is 0.308 e. The van der Waals surface area contributed by atoms with Crippen molar-refractivity contribution in [3.63, 3.8) is 0 Å². The van der Waals surface area contributed by atoms with Gasteiger partial charge in [-0.1, -0.05) is 18.0 Å². The number of amides is 3. The third kappa shape index (κ3) is 3.92. The molecular formula is C17H21N3O6. The summed E-state index contributed by atoms with van der Waals surface area (Å²) in [7, 11) is 0. The number of carbonyl (C=O) groups is 4. The van der Waals surface area contributed by atoms with Crippen molar-refractivity contribution >= 4 is 29.5 Å². The Labute approximate surface area is 150 Å². The van der Waals surface area contributed by atoms with Crippen LogP contribution in [0, 0.1) is 18.8 Å². The van der Waals surface area contributed by atoms with Crippen molar-refractivity contribution in [2.45, 2.75) is 39.0 Å². The molecule has 3 rings (SSSR count). The Kier molecular flexibility index (Phi) is 5.34. The Balaban J connectivity index is 1.42. The Morgan fingerprint density at radius 3 is 2.50 bits per heavy atom. The lowest BCUT2D eigenvalue weighted by Crippen LogP contribution is -2.33. The standard InChI is InChI=1S/C17H21N3O6/c1-10-8-13(19-26-10)18-14(21)9-25-15(22)6-7-20-16(23)11-4-2-3-5-12(11)17(20)24/h8,11-12H,2-7,9H2,1H3,(H,18,19,21)/t11-,12-/m0/s1. The maximum atomic E-state index is 12.3. The molecule has 0 spiro atoms. The number of anilines is 1. The van der Waals surface area contributed by atoms with Gasteiger partial charge in [-0.05, 0) is 19.8 Å². The number of aromatic nitrogens is 1. The van der Waals surface area contributed by atoms with Gasteiger partial charge in [-0.3, -0.25) is 24.1 Å². The zero-order valence-electron chi connectivity index (χ0n) is 14.5. The number of ether oxygens (including phenoxy) is 1. The van der Waals surface area contributed by atoms with Crippen LogP contribution in [0.3, 0.4) is 0 Å². The minimum Gasteiger partial charge on any atom is -0.456 e. The molecule has 26 heavy (non-hydrogen) atoms. The quantitative estimate of drug-likeness (QED) is 0.592. The summed E-state index contributed by atoms with van der Waals surface area (Å²) in [5, 5.41) is 6.02. The van der Waals surface area contributed by atoms with Crippen LogP contribution in [-0.4, -0.2) is 46.9 Å². The van der Waals surface area contributed by atoms with Gasteiger partial charge in [0, 0.05) is 12.6 Å². The zero-order chi connectivity index (χ0) is 18.7. The highest BCUT2D eigenvalue weighted by molar-refractivity contribution is 6.05. The second-order valence-electron chi connectivity index (χ2n) is 6.61. The fraction of sp³-hybridized carbons (Fsp3) is 0.588. The van der Waals surface area contributed by atoms with Crippen molar-refractivity contribution in [3.8, 4) is 0 Å². The second kappa shape index (κ2) is 7.67. The number of nitrogens with zero attached hydrogens (tertiary/aromatic N) is 2. The molecular weight excluding hydrogens is 342 g/mol. The van der Waals surface area contributed by atoms with Gasteiger partial charge in [0.2, 0.25) is 11.8 Å². The number of fused-ring (bicyclic) bond motifs is 1. The van der Waals surface area contributed by atoms with Gasteiger partial charge < -0.3 is 14.6 Å². The van der Waals surface area contributed by atoms with Gasteiger partial charge in [-0.2, -0.15) is 0 Å². The molecule has 0 aromatic carbocycles. The van der Waals surface area contributed by atoms with E-state index in [1.807, 2.05) is 0 Å². The number of hydrogen-bond donors (Lipinski definition) is 1. The van der Waals surface area contributed by atoms with Crippen LogP contribution in [0.15, 0.2) is 10.6 Å². The number of likely N-dealkylation sites (tertiary alicyclic amines) is 1. The molecule has 0 bridgehead atoms. The molecule has 1 aromatic heterocycles. The molecule has 1 aliphatic carbocycles. The van der Waals surface area contributed by atoms with Crippen LogP contribution in [0.5, 0.6) is 0 Å². The van der Waals surface area contributed by atoms with Gasteiger partial charge in [0.1, 0.15) is 5.76 Å². The van der Waals surface area contributed by atoms with Gasteiger partial charge in [0.05, 0.1) is 18.3 Å². The lowest BCUT2D eigenvalue weighted by Gasteiger charge is -2.19. The third-order valence-electron chi connectivity index (χ3n) is 4.73. The van der Waals surface area contributed by atoms with Crippen LogP contribution >= 0.6 is 0 Å². The lowest BCUT2D eigenvalue weighted by molar-refractivity contribution is -0.148. The van der Waals surface area contributed by atoms with Crippen molar-refractivity contribution < 1.29 is 28.4 Å². The van der Waals surface area contributed by atoms with Gasteiger partial charge in [-0.15, -0.1) is 0 Å². The summed E-state index contributed by atoms with van der Waals surface area (Å²) in [4.78, 5) is 49.3. The Hall–Kier alpha value is -2.71. The number of esters is 1. The Bertz CT molecular complexity index is 704. The average Bonchev–Trinajstić information content (AvgIpc) is 3.13. The average molecular weight is 363 g/mol. The van der Waals surface area contributed by atoms with E-state index in [-0.39, 0.29) is 42.4 Å². The van der Waals surface area contributed by atoms with E-state index in [4.69, 9.17) is 9.26 Å². The van der Waals surface area contributed by atoms with Crippen LogP contribution in [0.1, 0.15) is 37.9 Å². The smallest absolute Gasteiger partial charge is 0.308 e. The van der Waals surface area contributed by atoms with E-state index in [1.165, 1.54) is 11.0 Å². The summed E-state index contributed by atoms with van der Waals surface area (Å²) in [5.74, 6) is -1.26. The molecule has 1 N–H and O–H groups in total. The third-order valence-corrected chi connectivity index (χ3v) is 4.73. The van der Waals surface area contributed by atoms with E-state index in [1.54, 1.807) is 6.92 Å². The number of carbonyl (C=O) groups excluding carboxylic acids is 4. The molecule has 1 saturated heterocycles. The SMILES string of the molecule is Cc1cc(NC(=O)COC(=O)CCN2C(=O)[C@H]3CCCC[C@@H]3C2=O)no1. The molecule has 1 aliphatic heterocycles. The highest BCUT2D eigenvalue weighted by atomic mass is 16.5. The summed E-state index contributed by atoms with van der Waals surface area (Å²) in [6, 6.07) is 1.53.